The molecule has 4 rings (SSSR count). The molecule has 4 heteroatoms. The Morgan fingerprint density at radius 2 is 1.89 bits per heavy atom. The summed E-state index contributed by atoms with van der Waals surface area (Å²) in [7, 11) is 0. The van der Waals surface area contributed by atoms with Gasteiger partial charge in [0, 0.05) is 12.2 Å². The van der Waals surface area contributed by atoms with Gasteiger partial charge in [-0.25, -0.2) is 0 Å². The van der Waals surface area contributed by atoms with Gasteiger partial charge in [-0.05, 0) is 42.3 Å². The fourth-order valence-corrected chi connectivity index (χ4v) is 3.42. The number of nitrogens with one attached hydrogen (secondary N) is 1. The summed E-state index contributed by atoms with van der Waals surface area (Å²) in [5, 5.41) is 0. The molecule has 0 fully saturated rings. The molecule has 1 aliphatic carbocycles. The van der Waals surface area contributed by atoms with Crippen LogP contribution in [0.3, 0.4) is 0 Å². The summed E-state index contributed by atoms with van der Waals surface area (Å²) < 4.78 is 3.03. The van der Waals surface area contributed by atoms with Crippen LogP contribution in [0.5, 0.6) is 0 Å². The first-order valence-electron chi connectivity index (χ1n) is 6.44. The van der Waals surface area contributed by atoms with Crippen molar-refractivity contribution in [3.8, 4) is 0 Å². The highest BCUT2D eigenvalue weighted by Crippen LogP contribution is 2.32. The van der Waals surface area contributed by atoms with E-state index in [-0.39, 0.29) is 0 Å². The molecule has 2 heterocycles. The molecule has 1 aliphatic rings. The van der Waals surface area contributed by atoms with Crippen LogP contribution in [0.4, 0.5) is 0 Å². The van der Waals surface area contributed by atoms with Gasteiger partial charge in [-0.15, -0.1) is 0 Å². The van der Waals surface area contributed by atoms with Crippen molar-refractivity contribution >= 4 is 23.3 Å². The van der Waals surface area contributed by atoms with Gasteiger partial charge in [-0.2, -0.15) is 0 Å². The first-order chi connectivity index (χ1) is 9.33. The molecule has 3 nitrogen and oxygen atoms in total. The molecule has 0 amide bonds. The van der Waals surface area contributed by atoms with Crippen LogP contribution >= 0.6 is 12.2 Å². The lowest BCUT2D eigenvalue weighted by molar-refractivity contribution is 0.537. The second kappa shape index (κ2) is 4.03. The zero-order valence-corrected chi connectivity index (χ0v) is 11.2. The smallest absolute Gasteiger partial charge is 0.178 e. The maximum atomic E-state index is 5.48. The fourth-order valence-electron chi connectivity index (χ4n) is 3.06. The minimum absolute atomic E-state index is 0.418. The van der Waals surface area contributed by atoms with E-state index >= 15 is 0 Å². The van der Waals surface area contributed by atoms with Gasteiger partial charge in [0.15, 0.2) is 4.77 Å². The summed E-state index contributed by atoms with van der Waals surface area (Å²) in [6, 6.07) is 11.1. The highest BCUT2D eigenvalue weighted by Gasteiger charge is 2.24. The van der Waals surface area contributed by atoms with E-state index in [2.05, 4.69) is 38.8 Å². The Morgan fingerprint density at radius 3 is 2.63 bits per heavy atom. The molecule has 0 aliphatic heterocycles. The van der Waals surface area contributed by atoms with E-state index in [1.54, 1.807) is 0 Å². The van der Waals surface area contributed by atoms with Crippen molar-refractivity contribution in [2.24, 2.45) is 0 Å². The predicted molar refractivity (Wildman–Crippen MR) is 77.8 cm³/mol. The highest BCUT2D eigenvalue weighted by atomic mass is 32.1. The Morgan fingerprint density at radius 1 is 1.16 bits per heavy atom. The predicted octanol–water partition coefficient (Wildman–Crippen LogP) is 3.43. The monoisotopic (exact) mass is 267 g/mol. The number of aromatic amines is 1. The van der Waals surface area contributed by atoms with Gasteiger partial charge in [0.25, 0.3) is 0 Å². The van der Waals surface area contributed by atoms with E-state index in [0.29, 0.717) is 6.04 Å². The molecule has 1 aromatic carbocycles. The van der Waals surface area contributed by atoms with E-state index in [1.807, 2.05) is 18.5 Å². The number of nitrogens with zero attached hydrogens (tertiary/aromatic N) is 2. The normalized spacial score (nSPS) is 14.9. The summed E-state index contributed by atoms with van der Waals surface area (Å²) in [5.74, 6) is 0. The first kappa shape index (κ1) is 10.9. The molecule has 94 valence electrons. The van der Waals surface area contributed by atoms with Crippen molar-refractivity contribution in [3.05, 3.63) is 58.6 Å². The van der Waals surface area contributed by atoms with Gasteiger partial charge in [0.1, 0.15) is 0 Å². The molecule has 0 saturated heterocycles. The van der Waals surface area contributed by atoms with Crippen LogP contribution in [0.2, 0.25) is 0 Å². The Kier molecular flexibility index (Phi) is 2.32. The number of H-pyrrole nitrogens is 1. The molecule has 0 atom stereocenters. The van der Waals surface area contributed by atoms with Gasteiger partial charge >= 0.3 is 0 Å². The third kappa shape index (κ3) is 1.64. The Labute approximate surface area is 115 Å². The van der Waals surface area contributed by atoms with Crippen LogP contribution < -0.4 is 0 Å². The van der Waals surface area contributed by atoms with Gasteiger partial charge in [0.2, 0.25) is 0 Å². The van der Waals surface area contributed by atoms with Crippen LogP contribution in [-0.4, -0.2) is 14.5 Å². The summed E-state index contributed by atoms with van der Waals surface area (Å²) in [6.07, 6.45) is 5.77. The van der Waals surface area contributed by atoms with Crippen molar-refractivity contribution in [2.75, 3.05) is 0 Å². The lowest BCUT2D eigenvalue weighted by atomic mass is 10.1. The van der Waals surface area contributed by atoms with Crippen molar-refractivity contribution in [2.45, 2.75) is 18.9 Å². The number of fused-ring (bicyclic) bond motifs is 2. The zero-order valence-electron chi connectivity index (χ0n) is 10.3. The SMILES string of the molecule is S=c1[nH]c2cnccc2n1C1Cc2ccccc2C1. The highest BCUT2D eigenvalue weighted by molar-refractivity contribution is 7.71. The minimum Gasteiger partial charge on any atom is -0.329 e. The van der Waals surface area contributed by atoms with E-state index in [4.69, 9.17) is 12.2 Å². The molecular formula is C15H13N3S. The Bertz CT molecular complexity index is 790. The van der Waals surface area contributed by atoms with Crippen molar-refractivity contribution in [1.29, 1.82) is 0 Å². The second-order valence-corrected chi connectivity index (χ2v) is 5.41. The molecule has 2 aromatic heterocycles. The number of aromatic nitrogens is 3. The fraction of sp³-hybridized carbons (Fsp3) is 0.200. The maximum Gasteiger partial charge on any atom is 0.178 e. The summed E-state index contributed by atoms with van der Waals surface area (Å²) in [4.78, 5) is 7.39. The summed E-state index contributed by atoms with van der Waals surface area (Å²) in [5.41, 5.74) is 5.05. The minimum atomic E-state index is 0.418. The molecule has 3 aromatic rings. The van der Waals surface area contributed by atoms with E-state index in [0.717, 1.165) is 28.6 Å². The summed E-state index contributed by atoms with van der Waals surface area (Å²) >= 11 is 5.48. The van der Waals surface area contributed by atoms with Crippen molar-refractivity contribution in [3.63, 3.8) is 0 Å². The van der Waals surface area contributed by atoms with Gasteiger partial charge in [-0.3, -0.25) is 4.98 Å². The molecular weight excluding hydrogens is 254 g/mol. The molecule has 19 heavy (non-hydrogen) atoms. The lowest BCUT2D eigenvalue weighted by Gasteiger charge is -2.12. The molecule has 0 bridgehead atoms. The van der Waals surface area contributed by atoms with Crippen LogP contribution in [0, 0.1) is 4.77 Å². The van der Waals surface area contributed by atoms with E-state index < -0.39 is 0 Å². The third-order valence-electron chi connectivity index (χ3n) is 3.91. The van der Waals surface area contributed by atoms with Crippen LogP contribution in [0.25, 0.3) is 11.0 Å². The number of hydrogen-bond donors (Lipinski definition) is 1. The van der Waals surface area contributed by atoms with Crippen LogP contribution in [0.1, 0.15) is 17.2 Å². The van der Waals surface area contributed by atoms with E-state index in [9.17, 15) is 0 Å². The number of rotatable bonds is 1. The largest absolute Gasteiger partial charge is 0.329 e. The first-order valence-corrected chi connectivity index (χ1v) is 6.85. The second-order valence-electron chi connectivity index (χ2n) is 5.02. The van der Waals surface area contributed by atoms with Crippen molar-refractivity contribution in [1.82, 2.24) is 14.5 Å². The Balaban J connectivity index is 1.85. The third-order valence-corrected chi connectivity index (χ3v) is 4.21. The number of imidazole rings is 1. The van der Waals surface area contributed by atoms with Gasteiger partial charge < -0.3 is 9.55 Å². The molecule has 0 saturated carbocycles. The average Bonchev–Trinajstić information content (AvgIpc) is 2.97. The van der Waals surface area contributed by atoms with Crippen LogP contribution in [-0.2, 0) is 12.8 Å². The topological polar surface area (TPSA) is 33.6 Å². The van der Waals surface area contributed by atoms with Crippen LogP contribution in [0.15, 0.2) is 42.7 Å². The summed E-state index contributed by atoms with van der Waals surface area (Å²) in [6.45, 7) is 0. The quantitative estimate of drug-likeness (QED) is 0.685. The molecule has 0 unspecified atom stereocenters. The standard InChI is InChI=1S/C15H13N3S/c19-15-17-13-9-16-6-5-14(13)18(15)12-7-10-3-1-2-4-11(10)8-12/h1-6,9,12H,7-8H2,(H,17,19). The van der Waals surface area contributed by atoms with Gasteiger partial charge in [-0.1, -0.05) is 24.3 Å². The average molecular weight is 267 g/mol. The number of benzene rings is 1. The number of pyridine rings is 1. The number of hydrogen-bond acceptors (Lipinski definition) is 2. The maximum absolute atomic E-state index is 5.48. The molecule has 0 radical (unpaired) electrons. The van der Waals surface area contributed by atoms with Crippen molar-refractivity contribution < 1.29 is 0 Å². The Hall–Kier alpha value is -1.94. The molecule has 1 N–H and O–H groups in total. The molecule has 0 spiro atoms. The van der Waals surface area contributed by atoms with Gasteiger partial charge in [0.05, 0.1) is 17.2 Å². The lowest BCUT2D eigenvalue weighted by Crippen LogP contribution is -2.08. The zero-order chi connectivity index (χ0) is 12.8. The van der Waals surface area contributed by atoms with E-state index in [1.165, 1.54) is 11.1 Å².